The highest BCUT2D eigenvalue weighted by molar-refractivity contribution is 9.10. The maximum Gasteiger partial charge on any atom is 0.494 e. The number of benzene rings is 14. The number of halogens is 8. The second-order valence-corrected chi connectivity index (χ2v) is 32.4. The van der Waals surface area contributed by atoms with Gasteiger partial charge < -0.3 is 35.8 Å². The van der Waals surface area contributed by atoms with E-state index >= 15 is 0 Å². The quantitative estimate of drug-likeness (QED) is 0.0439. The molecule has 1 saturated heterocycles. The van der Waals surface area contributed by atoms with Crippen LogP contribution in [0.3, 0.4) is 0 Å². The number of nitrogens with two attached hydrogens (primary N) is 2. The number of imidazole rings is 3. The van der Waals surface area contributed by atoms with Crippen molar-refractivity contribution < 1.29 is 28.9 Å². The van der Waals surface area contributed by atoms with E-state index in [0.29, 0.717) is 52.6 Å². The number of hydrogen-bond donors (Lipinski definition) is 5. The van der Waals surface area contributed by atoms with Crippen LogP contribution in [0.15, 0.2) is 314 Å². The van der Waals surface area contributed by atoms with E-state index in [1.54, 1.807) is 54.6 Å². The van der Waals surface area contributed by atoms with Gasteiger partial charge in [0.25, 0.3) is 0 Å². The highest BCUT2D eigenvalue weighted by atomic mass is 79.9. The molecule has 0 saturated carbocycles. The van der Waals surface area contributed by atoms with Crippen molar-refractivity contribution in [2.45, 2.75) is 38.9 Å². The number of hydrogen-bond acceptors (Lipinski definition) is 11. The number of carbonyl (C=O) groups is 2. The number of anilines is 2. The largest absolute Gasteiger partial charge is 0.494 e. The standard InChI is InChI=1S/C25H23BN2O2.C19H12Cl2N2.C19H11ClN2.C13H8Cl2O.C7H5BrO.C6H5BCl2O2.C6H8N2/c1-24(2)25(3,4)30-26(29-24)16-13-14-21-19(15-16)17-9-5-6-10-18(17)23-27-20-11-7-8-12-22(20)28(21)23;20-12-9-10-16(21)15(11-12)13-5-1-2-6-14(13)19-22-17-7-3-4-8-18(17)23-19;20-12-9-10-17-15(11-12)13-5-1-2-6-14(13)19-21-16-7-3-4-8-18(16)22(17)19;14-10-5-6-13(15)12(7-10)11-4-2-1-3-9(11)8-16;8-7-4-2-1-3-6(7)5-9;8-4-1-2-6(9)5(3-4)7(10)11;7-5-3-1-2-4-6(5)8/h5-15H,1-4H3;1-11H,(H,22,23);1-11H;1-8H;1-5H;1-3,10-11H;1-4H,7-8H2. The van der Waals surface area contributed by atoms with E-state index in [1.807, 2.05) is 140 Å². The maximum absolute atomic E-state index is 10.9. The molecule has 20 rings (SSSR count). The maximum atomic E-state index is 10.9. The first-order valence-corrected chi connectivity index (χ1v) is 40.9. The molecular formula is C95H72B2BrCl7N8O6. The van der Waals surface area contributed by atoms with Gasteiger partial charge in [0.1, 0.15) is 17.1 Å². The molecule has 0 atom stereocenters. The van der Waals surface area contributed by atoms with Crippen LogP contribution in [-0.2, 0) is 9.31 Å². The molecule has 0 spiro atoms. The van der Waals surface area contributed by atoms with Gasteiger partial charge in [0.05, 0.1) is 66.7 Å². The van der Waals surface area contributed by atoms with Gasteiger partial charge in [-0.1, -0.05) is 273 Å². The molecule has 0 amide bonds. The Bertz CT molecular complexity index is 6940. The lowest BCUT2D eigenvalue weighted by Gasteiger charge is -2.32. The molecule has 119 heavy (non-hydrogen) atoms. The Labute approximate surface area is 729 Å². The first kappa shape index (κ1) is 84.4. The predicted octanol–water partition coefficient (Wildman–Crippen LogP) is 25.0. The van der Waals surface area contributed by atoms with Gasteiger partial charge in [0.15, 0.2) is 12.6 Å². The Morgan fingerprint density at radius 3 is 1.32 bits per heavy atom. The number of nitrogen functional groups attached to an aromatic ring is 2. The summed E-state index contributed by atoms with van der Waals surface area (Å²) in [6.45, 7) is 8.35. The highest BCUT2D eigenvalue weighted by Gasteiger charge is 2.52. The average Bonchev–Trinajstić information content (AvgIpc) is 1.59. The Kier molecular flexibility index (Phi) is 26.3. The molecule has 1 aliphatic heterocycles. The van der Waals surface area contributed by atoms with Crippen LogP contribution in [0.25, 0.3) is 121 Å². The number of H-pyrrole nitrogens is 1. The Balaban J connectivity index is 0.000000119. The van der Waals surface area contributed by atoms with Crippen LogP contribution in [-0.4, -0.2) is 76.8 Å². The van der Waals surface area contributed by atoms with Crippen molar-refractivity contribution in [2.24, 2.45) is 0 Å². The van der Waals surface area contributed by atoms with Gasteiger partial charge in [-0.25, -0.2) is 15.0 Å². The smallest absolute Gasteiger partial charge is 0.423 e. The van der Waals surface area contributed by atoms with Crippen LogP contribution in [0.5, 0.6) is 0 Å². The second-order valence-electron chi connectivity index (χ2n) is 28.5. The fourth-order valence-electron chi connectivity index (χ4n) is 13.8. The molecule has 24 heteroatoms. The van der Waals surface area contributed by atoms with Crippen LogP contribution in [0, 0.1) is 0 Å². The molecule has 0 bridgehead atoms. The zero-order valence-electron chi connectivity index (χ0n) is 64.2. The van der Waals surface area contributed by atoms with Crippen molar-refractivity contribution in [3.05, 3.63) is 360 Å². The molecule has 0 unspecified atom stereocenters. The molecule has 590 valence electrons. The number of rotatable bonds is 7. The van der Waals surface area contributed by atoms with Crippen LogP contribution >= 0.6 is 97.1 Å². The summed E-state index contributed by atoms with van der Waals surface area (Å²) in [7, 11) is -1.95. The van der Waals surface area contributed by atoms with Crippen molar-refractivity contribution in [1.29, 1.82) is 0 Å². The molecule has 0 aliphatic carbocycles. The summed E-state index contributed by atoms with van der Waals surface area (Å²) in [4.78, 5) is 39.0. The Hall–Kier alpha value is -11.1. The molecule has 7 N–H and O–H groups in total. The van der Waals surface area contributed by atoms with Gasteiger partial charge >= 0.3 is 14.2 Å². The van der Waals surface area contributed by atoms with E-state index in [9.17, 15) is 9.59 Å². The van der Waals surface area contributed by atoms with Gasteiger partial charge in [-0.3, -0.25) is 18.4 Å². The van der Waals surface area contributed by atoms with Crippen LogP contribution in [0.4, 0.5) is 11.4 Å². The minimum Gasteiger partial charge on any atom is -0.423 e. The SMILES string of the molecule is CC1(C)OB(c2ccc3c(c2)c2ccccc2c2nc4ccccc4n32)OC1(C)C.Clc1ccc(Cl)c(-c2ccccc2-c2nc3ccccc3[nH]2)c1.Clc1ccc2c(c1)c1ccccc1c1nc3ccccc3n21.Nc1ccccc1N.O=Cc1ccccc1-c1cc(Cl)ccc1Cl.O=Cc1ccccc1Br.OB(O)c1cc(Cl)ccc1Cl. The lowest BCUT2D eigenvalue weighted by molar-refractivity contribution is 0.00578. The summed E-state index contributed by atoms with van der Waals surface area (Å²) in [6, 6.07) is 99.0. The number of aromatic amines is 1. The summed E-state index contributed by atoms with van der Waals surface area (Å²) in [5.74, 6) is 0.817. The summed E-state index contributed by atoms with van der Waals surface area (Å²) >= 11 is 45.2. The number of nitrogens with zero attached hydrogens (tertiary/aromatic N) is 5. The number of aromatic nitrogens is 6. The van der Waals surface area contributed by atoms with E-state index in [4.69, 9.17) is 122 Å². The van der Waals surface area contributed by atoms with E-state index < -0.39 is 7.12 Å². The van der Waals surface area contributed by atoms with E-state index in [2.05, 4.69) is 166 Å². The third-order valence-electron chi connectivity index (χ3n) is 20.4. The van der Waals surface area contributed by atoms with E-state index in [1.165, 1.54) is 28.3 Å². The lowest BCUT2D eigenvalue weighted by atomic mass is 9.78. The second kappa shape index (κ2) is 37.0. The van der Waals surface area contributed by atoms with Crippen LogP contribution in [0.1, 0.15) is 48.4 Å². The number of aldehydes is 2. The molecule has 14 nitrogen and oxygen atoms in total. The van der Waals surface area contributed by atoms with E-state index in [-0.39, 0.29) is 23.8 Å². The number of carbonyl (C=O) groups excluding carboxylic acids is 2. The van der Waals surface area contributed by atoms with Crippen LogP contribution < -0.4 is 22.4 Å². The topological polar surface area (TPSA) is 208 Å². The average molecular weight is 1770 g/mol. The molecule has 0 radical (unpaired) electrons. The van der Waals surface area contributed by atoms with Crippen molar-refractivity contribution in [2.75, 3.05) is 11.5 Å². The van der Waals surface area contributed by atoms with Gasteiger partial charge in [0.2, 0.25) is 0 Å². The van der Waals surface area contributed by atoms with Gasteiger partial charge in [-0.15, -0.1) is 0 Å². The zero-order chi connectivity index (χ0) is 83.8. The molecule has 6 heterocycles. The first-order valence-electron chi connectivity index (χ1n) is 37.4. The van der Waals surface area contributed by atoms with Gasteiger partial charge in [-0.05, 0) is 189 Å². The van der Waals surface area contributed by atoms with Gasteiger partial charge in [-0.2, -0.15) is 0 Å². The first-order chi connectivity index (χ1) is 57.4. The van der Waals surface area contributed by atoms with Crippen molar-refractivity contribution in [3.8, 4) is 33.6 Å². The van der Waals surface area contributed by atoms with E-state index in [0.717, 1.165) is 133 Å². The van der Waals surface area contributed by atoms with Crippen molar-refractivity contribution in [1.82, 2.24) is 28.7 Å². The Morgan fingerprint density at radius 1 is 0.395 bits per heavy atom. The summed E-state index contributed by atoms with van der Waals surface area (Å²) in [6.07, 6.45) is 1.64. The number of para-hydroxylation sites is 8. The summed E-state index contributed by atoms with van der Waals surface area (Å²) in [5.41, 5.74) is 28.8. The third-order valence-corrected chi connectivity index (χ3v) is 23.1. The lowest BCUT2D eigenvalue weighted by Crippen LogP contribution is -2.41. The normalized spacial score (nSPS) is 12.5. The molecule has 1 fully saturated rings. The Morgan fingerprint density at radius 2 is 0.807 bits per heavy atom. The monoisotopic (exact) mass is 1770 g/mol. The molecule has 5 aromatic heterocycles. The fourth-order valence-corrected chi connectivity index (χ4v) is 15.5. The van der Waals surface area contributed by atoms with Crippen molar-refractivity contribution >= 4 is 234 Å². The van der Waals surface area contributed by atoms with Crippen molar-refractivity contribution in [3.63, 3.8) is 0 Å². The zero-order valence-corrected chi connectivity index (χ0v) is 71.1. The molecular weight excluding hydrogens is 1700 g/mol. The molecule has 14 aromatic carbocycles. The number of fused-ring (bicyclic) bond motifs is 17. The predicted molar refractivity (Wildman–Crippen MR) is 502 cm³/mol. The minimum absolute atomic E-state index is 0.221. The molecule has 1 aliphatic rings. The number of nitrogens with one attached hydrogen (secondary N) is 1. The minimum atomic E-state index is -1.57. The van der Waals surface area contributed by atoms with Crippen LogP contribution in [0.2, 0.25) is 35.2 Å². The number of pyridine rings is 2. The summed E-state index contributed by atoms with van der Waals surface area (Å²) < 4.78 is 18.0. The highest BCUT2D eigenvalue weighted by Crippen LogP contribution is 2.41. The fraction of sp³-hybridized carbons (Fsp3) is 0.0632. The summed E-state index contributed by atoms with van der Waals surface area (Å²) in [5, 5.41) is 28.4. The third kappa shape index (κ3) is 18.5. The van der Waals surface area contributed by atoms with Gasteiger partial charge in [0, 0.05) is 94.5 Å². The molecule has 19 aromatic rings.